The number of methoxy groups -OCH3 is 1. The number of carbonyl (C=O) groups is 1. The lowest BCUT2D eigenvalue weighted by molar-refractivity contribution is -0.137. The van der Waals surface area contributed by atoms with Gasteiger partial charge in [-0.15, -0.1) is 0 Å². The van der Waals surface area contributed by atoms with E-state index >= 15 is 0 Å². The summed E-state index contributed by atoms with van der Waals surface area (Å²) >= 11 is 0. The van der Waals surface area contributed by atoms with Crippen LogP contribution in [-0.2, 0) is 14.3 Å². The molecule has 0 fully saturated rings. The fourth-order valence-electron chi connectivity index (χ4n) is 0.994. The van der Waals surface area contributed by atoms with Gasteiger partial charge < -0.3 is 14.6 Å². The highest BCUT2D eigenvalue weighted by Gasteiger charge is 2.09. The van der Waals surface area contributed by atoms with Crippen molar-refractivity contribution in [2.75, 3.05) is 7.11 Å². The molecule has 79 valence electrons. The van der Waals surface area contributed by atoms with Crippen LogP contribution in [0.2, 0.25) is 0 Å². The van der Waals surface area contributed by atoms with Crippen LogP contribution in [0.3, 0.4) is 0 Å². The second-order valence-electron chi connectivity index (χ2n) is 2.74. The summed E-state index contributed by atoms with van der Waals surface area (Å²) in [5, 5.41) is 9.05. The average molecular weight is 207 g/mol. The van der Waals surface area contributed by atoms with Gasteiger partial charge in [0.25, 0.3) is 0 Å². The first-order chi connectivity index (χ1) is 7.17. The molecule has 0 unspecified atom stereocenters. The maximum atomic E-state index is 11.1. The van der Waals surface area contributed by atoms with E-state index in [0.29, 0.717) is 0 Å². The molecule has 1 aromatic rings. The van der Waals surface area contributed by atoms with E-state index in [9.17, 15) is 4.79 Å². The van der Waals surface area contributed by atoms with Crippen molar-refractivity contribution >= 4 is 12.0 Å². The minimum atomic E-state index is -0.648. The van der Waals surface area contributed by atoms with E-state index in [4.69, 9.17) is 9.84 Å². The molecule has 0 atom stereocenters. The first-order valence-electron chi connectivity index (χ1n) is 4.18. The lowest BCUT2D eigenvalue weighted by Crippen LogP contribution is -2.04. The number of phenols is 1. The highest BCUT2D eigenvalue weighted by Crippen LogP contribution is 2.13. The number of benzene rings is 1. The van der Waals surface area contributed by atoms with E-state index in [-0.39, 0.29) is 11.5 Å². The number of rotatable bonds is 3. The first-order valence-corrected chi connectivity index (χ1v) is 4.18. The molecule has 4 heteroatoms. The third kappa shape index (κ3) is 3.02. The van der Waals surface area contributed by atoms with Gasteiger partial charge in [-0.2, -0.15) is 0 Å². The second-order valence-corrected chi connectivity index (χ2v) is 2.74. The molecular formula is C11H11O4. The van der Waals surface area contributed by atoms with E-state index < -0.39 is 5.97 Å². The minimum absolute atomic E-state index is 0.0516. The highest BCUT2D eigenvalue weighted by molar-refractivity contribution is 5.91. The summed E-state index contributed by atoms with van der Waals surface area (Å²) in [7, 11) is 4.36. The van der Waals surface area contributed by atoms with Crippen LogP contribution in [0.1, 0.15) is 5.56 Å². The largest absolute Gasteiger partial charge is 0.508 e. The molecule has 15 heavy (non-hydrogen) atoms. The normalized spacial score (nSPS) is 10.9. The predicted octanol–water partition coefficient (Wildman–Crippen LogP) is 1.71. The maximum absolute atomic E-state index is 11.1. The summed E-state index contributed by atoms with van der Waals surface area (Å²) < 4.78 is 9.09. The quantitative estimate of drug-likeness (QED) is 0.465. The van der Waals surface area contributed by atoms with Gasteiger partial charge in [0.2, 0.25) is 5.76 Å². The van der Waals surface area contributed by atoms with Gasteiger partial charge in [-0.05, 0) is 23.8 Å². The molecule has 0 aliphatic rings. The monoisotopic (exact) mass is 207 g/mol. The van der Waals surface area contributed by atoms with Crippen LogP contribution in [0.5, 0.6) is 5.75 Å². The summed E-state index contributed by atoms with van der Waals surface area (Å²) in [5.41, 5.74) is 0.718. The number of hydrogen-bond donors (Lipinski definition) is 1. The topological polar surface area (TPSA) is 55.8 Å². The van der Waals surface area contributed by atoms with Crippen molar-refractivity contribution in [1.82, 2.24) is 0 Å². The van der Waals surface area contributed by atoms with Gasteiger partial charge in [-0.25, -0.2) is 4.79 Å². The van der Waals surface area contributed by atoms with Gasteiger partial charge in [0.05, 0.1) is 7.11 Å². The summed E-state index contributed by atoms with van der Waals surface area (Å²) in [4.78, 5) is 11.1. The molecule has 0 saturated carbocycles. The highest BCUT2D eigenvalue weighted by atomic mass is 16.6. The van der Waals surface area contributed by atoms with Crippen molar-refractivity contribution in [2.24, 2.45) is 0 Å². The van der Waals surface area contributed by atoms with Gasteiger partial charge in [0, 0.05) is 0 Å². The molecule has 1 N–H and O–H groups in total. The van der Waals surface area contributed by atoms with E-state index in [2.05, 4.69) is 11.8 Å². The van der Waals surface area contributed by atoms with Crippen molar-refractivity contribution in [1.29, 1.82) is 0 Å². The molecule has 1 aromatic carbocycles. The summed E-state index contributed by atoms with van der Waals surface area (Å²) in [6.07, 6.45) is 1.49. The van der Waals surface area contributed by atoms with Crippen LogP contribution in [0.25, 0.3) is 6.08 Å². The number of esters is 1. The van der Waals surface area contributed by atoms with E-state index in [0.717, 1.165) is 5.56 Å². The van der Waals surface area contributed by atoms with Crippen LogP contribution >= 0.6 is 0 Å². The van der Waals surface area contributed by atoms with Crippen LogP contribution in [0.4, 0.5) is 0 Å². The third-order valence-corrected chi connectivity index (χ3v) is 1.74. The van der Waals surface area contributed by atoms with Crippen LogP contribution in [-0.4, -0.2) is 18.2 Å². The zero-order valence-electron chi connectivity index (χ0n) is 8.27. The molecule has 0 aliphatic heterocycles. The smallest absolute Gasteiger partial charge is 0.373 e. The summed E-state index contributed by atoms with van der Waals surface area (Å²) in [5.74, 6) is -0.438. The molecule has 1 rings (SSSR count). The zero-order chi connectivity index (χ0) is 11.3. The van der Waals surface area contributed by atoms with Crippen LogP contribution in [0.15, 0.2) is 30.0 Å². The number of carbonyl (C=O) groups excluding carboxylic acids is 1. The Hall–Kier alpha value is -1.97. The van der Waals surface area contributed by atoms with Crippen molar-refractivity contribution in [3.05, 3.63) is 42.7 Å². The van der Waals surface area contributed by atoms with Crippen molar-refractivity contribution in [2.45, 2.75) is 0 Å². The summed E-state index contributed by atoms with van der Waals surface area (Å²) in [6.45, 7) is 0. The van der Waals surface area contributed by atoms with Gasteiger partial charge in [-0.3, -0.25) is 0 Å². The molecule has 0 heterocycles. The molecule has 0 aromatic heterocycles. The predicted molar refractivity (Wildman–Crippen MR) is 54.5 cm³/mol. The Morgan fingerprint density at radius 2 is 2.00 bits per heavy atom. The fraction of sp³-hybridized carbons (Fsp3) is 0.0909. The number of ether oxygens (including phenoxy) is 2. The molecule has 1 radical (unpaired) electrons. The SMILES string of the molecule is [CH2]OC(=O)/C(=C/c1ccc(O)cc1)OC. The van der Waals surface area contributed by atoms with Crippen LogP contribution in [0, 0.1) is 7.11 Å². The van der Waals surface area contributed by atoms with Crippen molar-refractivity contribution < 1.29 is 19.4 Å². The van der Waals surface area contributed by atoms with E-state index in [1.165, 1.54) is 25.3 Å². The zero-order valence-corrected chi connectivity index (χ0v) is 8.27. The number of aromatic hydroxyl groups is 1. The van der Waals surface area contributed by atoms with Crippen LogP contribution < -0.4 is 0 Å². The van der Waals surface area contributed by atoms with Gasteiger partial charge in [0.15, 0.2) is 0 Å². The molecule has 4 nitrogen and oxygen atoms in total. The minimum Gasteiger partial charge on any atom is -0.508 e. The molecule has 0 bridgehead atoms. The van der Waals surface area contributed by atoms with Gasteiger partial charge in [-0.1, -0.05) is 12.1 Å². The second kappa shape index (κ2) is 5.05. The van der Waals surface area contributed by atoms with Gasteiger partial charge in [0.1, 0.15) is 12.9 Å². The maximum Gasteiger partial charge on any atom is 0.373 e. The summed E-state index contributed by atoms with van der Waals surface area (Å²) in [6, 6.07) is 6.30. The third-order valence-electron chi connectivity index (χ3n) is 1.74. The molecule has 0 spiro atoms. The van der Waals surface area contributed by atoms with E-state index in [1.54, 1.807) is 12.1 Å². The molecule has 0 saturated heterocycles. The molecule has 0 aliphatic carbocycles. The van der Waals surface area contributed by atoms with Crippen molar-refractivity contribution in [3.63, 3.8) is 0 Å². The lowest BCUT2D eigenvalue weighted by atomic mass is 10.2. The van der Waals surface area contributed by atoms with E-state index in [1.807, 2.05) is 0 Å². The Labute approximate surface area is 87.7 Å². The Balaban J connectivity index is 2.93. The Bertz CT molecular complexity index is 365. The Morgan fingerprint density at radius 1 is 1.40 bits per heavy atom. The number of phenolic OH excluding ortho intramolecular Hbond substituents is 1. The van der Waals surface area contributed by atoms with Crippen molar-refractivity contribution in [3.8, 4) is 5.75 Å². The lowest BCUT2D eigenvalue weighted by Gasteiger charge is -2.03. The Kier molecular flexibility index (Phi) is 3.74. The average Bonchev–Trinajstić information content (AvgIpc) is 2.27. The first kappa shape index (κ1) is 11.1. The van der Waals surface area contributed by atoms with Gasteiger partial charge >= 0.3 is 5.97 Å². The molecular weight excluding hydrogens is 196 g/mol. The molecule has 0 amide bonds. The standard InChI is InChI=1S/C11H11O4/c1-14-10(11(13)15-2)7-8-3-5-9(12)6-4-8/h3-7,12H,2H2,1H3/b10-7-. The number of hydrogen-bond acceptors (Lipinski definition) is 4. The Morgan fingerprint density at radius 3 is 2.47 bits per heavy atom. The fourth-order valence-corrected chi connectivity index (χ4v) is 0.994.